The molecule has 98 valence electrons. The van der Waals surface area contributed by atoms with Gasteiger partial charge in [0.05, 0.1) is 0 Å². The van der Waals surface area contributed by atoms with E-state index >= 15 is 0 Å². The Bertz CT molecular complexity index is 448. The van der Waals surface area contributed by atoms with Gasteiger partial charge in [-0.2, -0.15) is 0 Å². The Morgan fingerprint density at radius 1 is 1.33 bits per heavy atom. The molecular weight excluding hydrogens is 224 g/mol. The van der Waals surface area contributed by atoms with Crippen molar-refractivity contribution in [2.75, 3.05) is 18.5 Å². The zero-order valence-corrected chi connectivity index (χ0v) is 11.7. The Morgan fingerprint density at radius 2 is 2.00 bits per heavy atom. The lowest BCUT2D eigenvalue weighted by Gasteiger charge is -2.37. The number of benzene rings is 1. The highest BCUT2D eigenvalue weighted by Gasteiger charge is 2.33. The molecule has 3 heteroatoms. The van der Waals surface area contributed by atoms with Crippen LogP contribution in [0, 0.1) is 5.41 Å². The number of amides is 1. The molecule has 3 nitrogen and oxygen atoms in total. The fraction of sp³-hybridized carbons (Fsp3) is 0.533. The molecule has 0 radical (unpaired) electrons. The molecular formula is C15H22N2O. The van der Waals surface area contributed by atoms with Crippen LogP contribution in [-0.4, -0.2) is 19.5 Å². The monoisotopic (exact) mass is 246 g/mol. The molecule has 1 atom stereocenters. The van der Waals surface area contributed by atoms with Gasteiger partial charge in [-0.05, 0) is 25.1 Å². The third-order valence-corrected chi connectivity index (χ3v) is 3.48. The van der Waals surface area contributed by atoms with Crippen LogP contribution in [0.4, 0.5) is 5.69 Å². The van der Waals surface area contributed by atoms with E-state index in [0.29, 0.717) is 6.04 Å². The maximum absolute atomic E-state index is 12.5. The molecule has 1 aliphatic heterocycles. The van der Waals surface area contributed by atoms with E-state index in [1.54, 1.807) is 0 Å². The summed E-state index contributed by atoms with van der Waals surface area (Å²) in [6.45, 7) is 6.71. The first-order valence-corrected chi connectivity index (χ1v) is 6.53. The van der Waals surface area contributed by atoms with Crippen LogP contribution < -0.4 is 10.2 Å². The van der Waals surface area contributed by atoms with Crippen molar-refractivity contribution in [3.8, 4) is 0 Å². The first-order valence-electron chi connectivity index (χ1n) is 6.53. The number of carbonyl (C=O) groups is 1. The topological polar surface area (TPSA) is 32.3 Å². The SMILES string of the molecule is CNC1CCN(C(=O)C(C)(C)C)c2ccccc21. The van der Waals surface area contributed by atoms with Crippen molar-refractivity contribution in [3.05, 3.63) is 29.8 Å². The van der Waals surface area contributed by atoms with Crippen molar-refractivity contribution in [1.29, 1.82) is 0 Å². The van der Waals surface area contributed by atoms with E-state index in [9.17, 15) is 4.79 Å². The summed E-state index contributed by atoms with van der Waals surface area (Å²) in [5, 5.41) is 3.32. The maximum Gasteiger partial charge on any atom is 0.232 e. The van der Waals surface area contributed by atoms with E-state index in [0.717, 1.165) is 18.7 Å². The molecule has 1 heterocycles. The summed E-state index contributed by atoms with van der Waals surface area (Å²) in [6.07, 6.45) is 0.968. The number of nitrogens with one attached hydrogen (secondary N) is 1. The predicted octanol–water partition coefficient (Wildman–Crippen LogP) is 2.73. The van der Waals surface area contributed by atoms with Crippen LogP contribution in [0.3, 0.4) is 0 Å². The van der Waals surface area contributed by atoms with Crippen molar-refractivity contribution in [3.63, 3.8) is 0 Å². The highest BCUT2D eigenvalue weighted by Crippen LogP contribution is 2.35. The summed E-state index contributed by atoms with van der Waals surface area (Å²) >= 11 is 0. The van der Waals surface area contributed by atoms with Crippen LogP contribution in [0.15, 0.2) is 24.3 Å². The van der Waals surface area contributed by atoms with E-state index in [1.165, 1.54) is 5.56 Å². The van der Waals surface area contributed by atoms with Gasteiger partial charge in [0.2, 0.25) is 5.91 Å². The number of hydrogen-bond donors (Lipinski definition) is 1. The summed E-state index contributed by atoms with van der Waals surface area (Å²) < 4.78 is 0. The predicted molar refractivity (Wildman–Crippen MR) is 74.7 cm³/mol. The molecule has 0 bridgehead atoms. The lowest BCUT2D eigenvalue weighted by molar-refractivity contribution is -0.125. The number of nitrogens with zero attached hydrogens (tertiary/aromatic N) is 1. The van der Waals surface area contributed by atoms with Gasteiger partial charge in [-0.25, -0.2) is 0 Å². The van der Waals surface area contributed by atoms with Gasteiger partial charge in [0, 0.05) is 23.7 Å². The molecule has 1 amide bonds. The molecule has 0 saturated heterocycles. The molecule has 0 spiro atoms. The third kappa shape index (κ3) is 2.27. The number of para-hydroxylation sites is 1. The molecule has 18 heavy (non-hydrogen) atoms. The molecule has 2 rings (SSSR count). The van der Waals surface area contributed by atoms with Crippen LogP contribution in [0.25, 0.3) is 0 Å². The fourth-order valence-corrected chi connectivity index (χ4v) is 2.48. The molecule has 1 aromatic rings. The minimum Gasteiger partial charge on any atom is -0.313 e. The Kier molecular flexibility index (Phi) is 3.44. The van der Waals surface area contributed by atoms with Gasteiger partial charge in [-0.1, -0.05) is 39.0 Å². The highest BCUT2D eigenvalue weighted by atomic mass is 16.2. The average Bonchev–Trinajstić information content (AvgIpc) is 2.35. The summed E-state index contributed by atoms with van der Waals surface area (Å²) in [4.78, 5) is 14.4. The molecule has 0 fully saturated rings. The average molecular weight is 246 g/mol. The summed E-state index contributed by atoms with van der Waals surface area (Å²) in [6, 6.07) is 8.54. The van der Waals surface area contributed by atoms with Crippen molar-refractivity contribution in [1.82, 2.24) is 5.32 Å². The van der Waals surface area contributed by atoms with Gasteiger partial charge in [0.1, 0.15) is 0 Å². The van der Waals surface area contributed by atoms with Gasteiger partial charge in [0.25, 0.3) is 0 Å². The van der Waals surface area contributed by atoms with E-state index < -0.39 is 0 Å². The van der Waals surface area contributed by atoms with Gasteiger partial charge < -0.3 is 10.2 Å². The summed E-state index contributed by atoms with van der Waals surface area (Å²) in [5.74, 6) is 0.199. The number of rotatable bonds is 1. The molecule has 1 N–H and O–H groups in total. The Morgan fingerprint density at radius 3 is 2.61 bits per heavy atom. The smallest absolute Gasteiger partial charge is 0.232 e. The van der Waals surface area contributed by atoms with Crippen molar-refractivity contribution >= 4 is 11.6 Å². The van der Waals surface area contributed by atoms with Gasteiger partial charge >= 0.3 is 0 Å². The second kappa shape index (κ2) is 4.73. The Hall–Kier alpha value is -1.35. The first-order chi connectivity index (χ1) is 8.45. The summed E-state index contributed by atoms with van der Waals surface area (Å²) in [5.41, 5.74) is 1.95. The van der Waals surface area contributed by atoms with Gasteiger partial charge in [-0.3, -0.25) is 4.79 Å². The number of hydrogen-bond acceptors (Lipinski definition) is 2. The summed E-state index contributed by atoms with van der Waals surface area (Å²) in [7, 11) is 1.97. The lowest BCUT2D eigenvalue weighted by Crippen LogP contribution is -2.44. The number of carbonyl (C=O) groups excluding carboxylic acids is 1. The van der Waals surface area contributed by atoms with Crippen molar-refractivity contribution in [2.24, 2.45) is 5.41 Å². The number of anilines is 1. The quantitative estimate of drug-likeness (QED) is 0.826. The highest BCUT2D eigenvalue weighted by molar-refractivity contribution is 5.98. The van der Waals surface area contributed by atoms with Gasteiger partial charge in [0.15, 0.2) is 0 Å². The second-order valence-electron chi connectivity index (χ2n) is 5.90. The maximum atomic E-state index is 12.5. The minimum absolute atomic E-state index is 0.199. The lowest BCUT2D eigenvalue weighted by atomic mass is 9.90. The third-order valence-electron chi connectivity index (χ3n) is 3.48. The molecule has 0 aromatic heterocycles. The van der Waals surface area contributed by atoms with E-state index in [4.69, 9.17) is 0 Å². The first kappa shape index (κ1) is 13.1. The van der Waals surface area contributed by atoms with Crippen LogP contribution >= 0.6 is 0 Å². The van der Waals surface area contributed by atoms with Crippen molar-refractivity contribution < 1.29 is 4.79 Å². The van der Waals surface area contributed by atoms with Crippen LogP contribution in [0.5, 0.6) is 0 Å². The number of fused-ring (bicyclic) bond motifs is 1. The molecule has 1 unspecified atom stereocenters. The molecule has 1 aromatic carbocycles. The zero-order valence-electron chi connectivity index (χ0n) is 11.7. The van der Waals surface area contributed by atoms with Crippen LogP contribution in [-0.2, 0) is 4.79 Å². The Labute approximate surface area is 109 Å². The second-order valence-corrected chi connectivity index (χ2v) is 5.90. The molecule has 0 saturated carbocycles. The van der Waals surface area contributed by atoms with Crippen LogP contribution in [0.2, 0.25) is 0 Å². The van der Waals surface area contributed by atoms with E-state index in [2.05, 4.69) is 11.4 Å². The van der Waals surface area contributed by atoms with Gasteiger partial charge in [-0.15, -0.1) is 0 Å². The largest absolute Gasteiger partial charge is 0.313 e. The van der Waals surface area contributed by atoms with Crippen LogP contribution in [0.1, 0.15) is 38.8 Å². The van der Waals surface area contributed by atoms with E-state index in [1.807, 2.05) is 50.9 Å². The Balaban J connectivity index is 2.40. The standard InChI is InChI=1S/C15H22N2O/c1-15(2,3)14(18)17-10-9-12(16-4)11-7-5-6-8-13(11)17/h5-8,12,16H,9-10H2,1-4H3. The van der Waals surface area contributed by atoms with Crippen molar-refractivity contribution in [2.45, 2.75) is 33.2 Å². The zero-order chi connectivity index (χ0) is 13.3. The molecule has 1 aliphatic rings. The fourth-order valence-electron chi connectivity index (χ4n) is 2.48. The minimum atomic E-state index is -0.334. The molecule has 0 aliphatic carbocycles. The normalized spacial score (nSPS) is 19.6. The van der Waals surface area contributed by atoms with E-state index in [-0.39, 0.29) is 11.3 Å².